The van der Waals surface area contributed by atoms with E-state index in [4.69, 9.17) is 5.73 Å². The minimum atomic E-state index is -0.390. The molecule has 1 amide bonds. The van der Waals surface area contributed by atoms with Gasteiger partial charge in [-0.15, -0.1) is 24.8 Å². The van der Waals surface area contributed by atoms with Crippen molar-refractivity contribution < 1.29 is 4.79 Å². The van der Waals surface area contributed by atoms with Crippen LogP contribution < -0.4 is 5.73 Å². The van der Waals surface area contributed by atoms with Gasteiger partial charge in [0.05, 0.1) is 5.56 Å². The van der Waals surface area contributed by atoms with Gasteiger partial charge in [-0.1, -0.05) is 6.07 Å². The fourth-order valence-electron chi connectivity index (χ4n) is 1.19. The number of amides is 1. The van der Waals surface area contributed by atoms with Gasteiger partial charge in [0.25, 0.3) is 0 Å². The summed E-state index contributed by atoms with van der Waals surface area (Å²) in [5.74, 6) is -0.390. The number of fused-ring (bicyclic) bond motifs is 1. The molecule has 3 nitrogen and oxygen atoms in total. The SMILES string of the molecule is Cl.Cl.NC(=O)c1cc2ccccn2c1. The molecule has 0 fully saturated rings. The van der Waals surface area contributed by atoms with E-state index in [2.05, 4.69) is 0 Å². The van der Waals surface area contributed by atoms with E-state index in [9.17, 15) is 4.79 Å². The second kappa shape index (κ2) is 4.88. The molecular formula is C9H10Cl2N2O. The number of halogens is 2. The van der Waals surface area contributed by atoms with E-state index in [0.717, 1.165) is 5.52 Å². The molecule has 2 heterocycles. The van der Waals surface area contributed by atoms with E-state index in [1.54, 1.807) is 12.3 Å². The lowest BCUT2D eigenvalue weighted by Crippen LogP contribution is -2.09. The van der Waals surface area contributed by atoms with E-state index in [0.29, 0.717) is 5.56 Å². The van der Waals surface area contributed by atoms with Crippen molar-refractivity contribution in [2.45, 2.75) is 0 Å². The first-order valence-corrected chi connectivity index (χ1v) is 3.64. The molecule has 2 aromatic heterocycles. The highest BCUT2D eigenvalue weighted by molar-refractivity contribution is 5.94. The number of primary amides is 1. The Hall–Kier alpha value is -1.19. The average molecular weight is 233 g/mol. The molecule has 0 aromatic carbocycles. The van der Waals surface area contributed by atoms with E-state index >= 15 is 0 Å². The Morgan fingerprint density at radius 2 is 2.00 bits per heavy atom. The summed E-state index contributed by atoms with van der Waals surface area (Å²) in [7, 11) is 0. The van der Waals surface area contributed by atoms with Crippen LogP contribution in [-0.2, 0) is 0 Å². The second-order valence-electron chi connectivity index (χ2n) is 2.63. The van der Waals surface area contributed by atoms with Crippen LogP contribution in [0.25, 0.3) is 5.52 Å². The quantitative estimate of drug-likeness (QED) is 0.803. The molecule has 0 aliphatic rings. The molecule has 0 unspecified atom stereocenters. The Morgan fingerprint density at radius 3 is 2.57 bits per heavy atom. The Balaban J connectivity index is 0.000000845. The summed E-state index contributed by atoms with van der Waals surface area (Å²) >= 11 is 0. The van der Waals surface area contributed by atoms with Crippen LogP contribution in [0.3, 0.4) is 0 Å². The topological polar surface area (TPSA) is 47.5 Å². The number of rotatable bonds is 1. The molecule has 0 aliphatic carbocycles. The van der Waals surface area contributed by atoms with Crippen LogP contribution in [0.2, 0.25) is 0 Å². The first-order chi connectivity index (χ1) is 5.77. The van der Waals surface area contributed by atoms with E-state index in [1.807, 2.05) is 28.8 Å². The standard InChI is InChI=1S/C9H8N2O.2ClH/c10-9(12)7-5-8-3-1-2-4-11(8)6-7;;/h1-6H,(H2,10,12);2*1H. The number of hydrogen-bond acceptors (Lipinski definition) is 1. The third kappa shape index (κ3) is 2.19. The second-order valence-corrected chi connectivity index (χ2v) is 2.63. The van der Waals surface area contributed by atoms with Crippen LogP contribution in [0.15, 0.2) is 36.7 Å². The third-order valence-electron chi connectivity index (χ3n) is 1.79. The molecule has 0 saturated heterocycles. The lowest BCUT2D eigenvalue weighted by Gasteiger charge is -1.88. The number of nitrogens with zero attached hydrogens (tertiary/aromatic N) is 1. The molecule has 0 spiro atoms. The predicted molar refractivity (Wildman–Crippen MR) is 60.4 cm³/mol. The van der Waals surface area contributed by atoms with E-state index in [1.165, 1.54) is 0 Å². The highest BCUT2D eigenvalue weighted by atomic mass is 35.5. The van der Waals surface area contributed by atoms with Crippen molar-refractivity contribution in [2.75, 3.05) is 0 Å². The molecule has 0 atom stereocenters. The van der Waals surface area contributed by atoms with Crippen molar-refractivity contribution >= 4 is 36.2 Å². The van der Waals surface area contributed by atoms with Crippen LogP contribution in [0.5, 0.6) is 0 Å². The Morgan fingerprint density at radius 1 is 1.29 bits per heavy atom. The minimum Gasteiger partial charge on any atom is -0.366 e. The monoisotopic (exact) mass is 232 g/mol. The summed E-state index contributed by atoms with van der Waals surface area (Å²) in [6.07, 6.45) is 3.60. The van der Waals surface area contributed by atoms with Crippen LogP contribution in [0.4, 0.5) is 0 Å². The number of pyridine rings is 1. The van der Waals surface area contributed by atoms with Crippen molar-refractivity contribution in [3.05, 3.63) is 42.2 Å². The summed E-state index contributed by atoms with van der Waals surface area (Å²) in [6.45, 7) is 0. The lowest BCUT2D eigenvalue weighted by molar-refractivity contribution is 0.100. The van der Waals surface area contributed by atoms with Gasteiger partial charge in [-0.2, -0.15) is 0 Å². The van der Waals surface area contributed by atoms with Crippen LogP contribution >= 0.6 is 24.8 Å². The van der Waals surface area contributed by atoms with Gasteiger partial charge >= 0.3 is 0 Å². The van der Waals surface area contributed by atoms with Crippen LogP contribution in [0.1, 0.15) is 10.4 Å². The van der Waals surface area contributed by atoms with Gasteiger partial charge in [-0.25, -0.2) is 0 Å². The van der Waals surface area contributed by atoms with Gasteiger partial charge < -0.3 is 10.1 Å². The first kappa shape index (κ1) is 12.8. The zero-order valence-corrected chi connectivity index (χ0v) is 8.85. The fourth-order valence-corrected chi connectivity index (χ4v) is 1.19. The predicted octanol–water partition coefficient (Wildman–Crippen LogP) is 1.88. The van der Waals surface area contributed by atoms with Crippen LogP contribution in [-0.4, -0.2) is 10.3 Å². The molecule has 2 aromatic rings. The van der Waals surface area contributed by atoms with Gasteiger partial charge in [0.15, 0.2) is 0 Å². The van der Waals surface area contributed by atoms with Crippen LogP contribution in [0, 0.1) is 0 Å². The third-order valence-corrected chi connectivity index (χ3v) is 1.79. The average Bonchev–Trinajstić information content (AvgIpc) is 2.46. The number of nitrogens with two attached hydrogens (primary N) is 1. The molecule has 76 valence electrons. The number of carbonyl (C=O) groups excluding carboxylic acids is 1. The highest BCUT2D eigenvalue weighted by Crippen LogP contribution is 2.08. The molecule has 2 rings (SSSR count). The summed E-state index contributed by atoms with van der Waals surface area (Å²) in [5.41, 5.74) is 6.65. The molecule has 0 saturated carbocycles. The smallest absolute Gasteiger partial charge is 0.250 e. The first-order valence-electron chi connectivity index (χ1n) is 3.64. The summed E-state index contributed by atoms with van der Waals surface area (Å²) in [6, 6.07) is 7.51. The number of carbonyl (C=O) groups is 1. The molecule has 14 heavy (non-hydrogen) atoms. The van der Waals surface area contributed by atoms with Gasteiger partial charge in [0, 0.05) is 17.9 Å². The van der Waals surface area contributed by atoms with Gasteiger partial charge in [-0.3, -0.25) is 4.79 Å². The maximum absolute atomic E-state index is 10.8. The number of aromatic nitrogens is 1. The lowest BCUT2D eigenvalue weighted by atomic mass is 10.3. The zero-order chi connectivity index (χ0) is 8.55. The maximum atomic E-state index is 10.8. The van der Waals surface area contributed by atoms with E-state index in [-0.39, 0.29) is 24.8 Å². The van der Waals surface area contributed by atoms with Crippen molar-refractivity contribution in [3.63, 3.8) is 0 Å². The van der Waals surface area contributed by atoms with Crippen molar-refractivity contribution in [3.8, 4) is 0 Å². The molecule has 0 bridgehead atoms. The van der Waals surface area contributed by atoms with Gasteiger partial charge in [-0.05, 0) is 18.2 Å². The molecule has 0 radical (unpaired) electrons. The summed E-state index contributed by atoms with van der Waals surface area (Å²) in [5, 5.41) is 0. The van der Waals surface area contributed by atoms with Crippen molar-refractivity contribution in [2.24, 2.45) is 5.73 Å². The Labute approximate surface area is 93.7 Å². The molecule has 0 aliphatic heterocycles. The Bertz CT molecular complexity index is 406. The minimum absolute atomic E-state index is 0. The van der Waals surface area contributed by atoms with Gasteiger partial charge in [0.2, 0.25) is 5.91 Å². The maximum Gasteiger partial charge on any atom is 0.250 e. The molecule has 5 heteroatoms. The summed E-state index contributed by atoms with van der Waals surface area (Å²) < 4.78 is 1.86. The molecular weight excluding hydrogens is 223 g/mol. The van der Waals surface area contributed by atoms with Gasteiger partial charge in [0.1, 0.15) is 0 Å². The Kier molecular flexibility index (Phi) is 4.47. The molecule has 2 N–H and O–H groups in total. The normalized spacial score (nSPS) is 8.86. The number of hydrogen-bond donors (Lipinski definition) is 1. The van der Waals surface area contributed by atoms with Crippen molar-refractivity contribution in [1.82, 2.24) is 4.40 Å². The highest BCUT2D eigenvalue weighted by Gasteiger charge is 2.02. The zero-order valence-electron chi connectivity index (χ0n) is 7.21. The van der Waals surface area contributed by atoms with Crippen molar-refractivity contribution in [1.29, 1.82) is 0 Å². The summed E-state index contributed by atoms with van der Waals surface area (Å²) in [4.78, 5) is 10.8. The van der Waals surface area contributed by atoms with E-state index < -0.39 is 5.91 Å². The largest absolute Gasteiger partial charge is 0.366 e. The fraction of sp³-hybridized carbons (Fsp3) is 0.